The zero-order chi connectivity index (χ0) is 23.9. The summed E-state index contributed by atoms with van der Waals surface area (Å²) < 4.78 is 102. The molecule has 0 unspecified atom stereocenters. The molecule has 0 atom stereocenters. The van der Waals surface area contributed by atoms with Gasteiger partial charge in [0.25, 0.3) is 10.0 Å². The van der Waals surface area contributed by atoms with Crippen molar-refractivity contribution in [3.8, 4) is 0 Å². The molecule has 0 radical (unpaired) electrons. The highest BCUT2D eigenvalue weighted by atomic mass is 32.2. The molecule has 4 rings (SSSR count). The molecule has 0 bridgehead atoms. The number of nitrogens with zero attached hydrogens (tertiary/aromatic N) is 1. The SMILES string of the molecule is O=S(=O)(NCC1CCOCC1)c1cn(S(=O)(=O)c2ccccc2)c2cccc(C(F)(F)F)c12. The highest BCUT2D eigenvalue weighted by molar-refractivity contribution is 7.91. The Morgan fingerprint density at radius 3 is 2.27 bits per heavy atom. The van der Waals surface area contributed by atoms with Crippen LogP contribution in [0.15, 0.2) is 64.5 Å². The van der Waals surface area contributed by atoms with Crippen LogP contribution in [0.2, 0.25) is 0 Å². The summed E-state index contributed by atoms with van der Waals surface area (Å²) in [6.45, 7) is 0.955. The predicted octanol–water partition coefficient (Wildman–Crippen LogP) is 3.60. The third kappa shape index (κ3) is 4.65. The topological polar surface area (TPSA) is 94.5 Å². The fourth-order valence-corrected chi connectivity index (χ4v) is 6.61. The fourth-order valence-electron chi connectivity index (χ4n) is 3.82. The minimum atomic E-state index is -4.90. The van der Waals surface area contributed by atoms with Gasteiger partial charge >= 0.3 is 6.18 Å². The molecule has 12 heteroatoms. The maximum atomic E-state index is 13.8. The number of alkyl halides is 3. The average molecular weight is 503 g/mol. The van der Waals surface area contributed by atoms with Gasteiger partial charge in [-0.3, -0.25) is 0 Å². The highest BCUT2D eigenvalue weighted by Crippen LogP contribution is 2.39. The summed E-state index contributed by atoms with van der Waals surface area (Å²) in [4.78, 5) is -0.921. The number of hydrogen-bond acceptors (Lipinski definition) is 5. The monoisotopic (exact) mass is 502 g/mol. The second-order valence-corrected chi connectivity index (χ2v) is 11.3. The molecule has 0 saturated carbocycles. The van der Waals surface area contributed by atoms with Gasteiger partial charge in [0.15, 0.2) is 0 Å². The van der Waals surface area contributed by atoms with Crippen LogP contribution in [0.25, 0.3) is 10.9 Å². The van der Waals surface area contributed by atoms with E-state index in [0.29, 0.717) is 30.0 Å². The van der Waals surface area contributed by atoms with Gasteiger partial charge in [-0.2, -0.15) is 13.2 Å². The number of hydrogen-bond donors (Lipinski definition) is 1. The van der Waals surface area contributed by atoms with E-state index >= 15 is 0 Å². The van der Waals surface area contributed by atoms with Gasteiger partial charge in [-0.05, 0) is 43.0 Å². The number of benzene rings is 2. The Morgan fingerprint density at radius 1 is 0.970 bits per heavy atom. The van der Waals surface area contributed by atoms with E-state index in [2.05, 4.69) is 4.72 Å². The van der Waals surface area contributed by atoms with E-state index in [9.17, 15) is 30.0 Å². The van der Waals surface area contributed by atoms with Crippen LogP contribution >= 0.6 is 0 Å². The van der Waals surface area contributed by atoms with Crippen molar-refractivity contribution in [2.75, 3.05) is 19.8 Å². The summed E-state index contributed by atoms with van der Waals surface area (Å²) in [5.74, 6) is -0.0305. The van der Waals surface area contributed by atoms with E-state index in [-0.39, 0.29) is 22.9 Å². The molecule has 1 fully saturated rings. The van der Waals surface area contributed by atoms with Crippen molar-refractivity contribution in [2.24, 2.45) is 5.92 Å². The quantitative estimate of drug-likeness (QED) is 0.556. The first-order chi connectivity index (χ1) is 15.5. The Labute approximate surface area is 189 Å². The van der Waals surface area contributed by atoms with E-state index < -0.39 is 42.1 Å². The van der Waals surface area contributed by atoms with Gasteiger partial charge in [0.1, 0.15) is 4.90 Å². The van der Waals surface area contributed by atoms with Gasteiger partial charge in [-0.1, -0.05) is 24.3 Å². The van der Waals surface area contributed by atoms with Crippen molar-refractivity contribution < 1.29 is 34.7 Å². The minimum Gasteiger partial charge on any atom is -0.381 e. The van der Waals surface area contributed by atoms with Crippen molar-refractivity contribution in [2.45, 2.75) is 28.8 Å². The van der Waals surface area contributed by atoms with Gasteiger partial charge in [-0.25, -0.2) is 25.5 Å². The molecule has 0 aliphatic carbocycles. The summed E-state index contributed by atoms with van der Waals surface area (Å²) >= 11 is 0. The number of ether oxygens (including phenoxy) is 1. The highest BCUT2D eigenvalue weighted by Gasteiger charge is 2.37. The van der Waals surface area contributed by atoms with Crippen molar-refractivity contribution in [3.63, 3.8) is 0 Å². The Bertz CT molecular complexity index is 1360. The smallest absolute Gasteiger partial charge is 0.381 e. The average Bonchev–Trinajstić information content (AvgIpc) is 3.20. The number of rotatable bonds is 6. The molecule has 0 amide bonds. The third-order valence-electron chi connectivity index (χ3n) is 5.56. The molecule has 1 N–H and O–H groups in total. The number of sulfonamides is 1. The van der Waals surface area contributed by atoms with Crippen LogP contribution in [0, 0.1) is 5.92 Å². The van der Waals surface area contributed by atoms with Crippen molar-refractivity contribution in [1.82, 2.24) is 8.69 Å². The van der Waals surface area contributed by atoms with E-state index in [4.69, 9.17) is 4.74 Å². The lowest BCUT2D eigenvalue weighted by atomic mass is 10.0. The molecule has 1 aliphatic heterocycles. The number of fused-ring (bicyclic) bond motifs is 1. The lowest BCUT2D eigenvalue weighted by molar-refractivity contribution is -0.136. The summed E-state index contributed by atoms with van der Waals surface area (Å²) in [5, 5.41) is -0.691. The zero-order valence-corrected chi connectivity index (χ0v) is 18.9. The van der Waals surface area contributed by atoms with E-state index in [1.165, 1.54) is 24.3 Å². The number of aromatic nitrogens is 1. The largest absolute Gasteiger partial charge is 0.417 e. The van der Waals surface area contributed by atoms with Crippen LogP contribution < -0.4 is 4.72 Å². The first kappa shape index (κ1) is 23.7. The van der Waals surface area contributed by atoms with Crippen molar-refractivity contribution >= 4 is 30.9 Å². The molecule has 2 aromatic carbocycles. The second kappa shape index (κ2) is 8.75. The molecule has 7 nitrogen and oxygen atoms in total. The zero-order valence-electron chi connectivity index (χ0n) is 17.2. The maximum Gasteiger partial charge on any atom is 0.417 e. The Balaban J connectivity index is 1.89. The first-order valence-electron chi connectivity index (χ1n) is 10.1. The Morgan fingerprint density at radius 2 is 1.64 bits per heavy atom. The van der Waals surface area contributed by atoms with Gasteiger partial charge in [0, 0.05) is 31.3 Å². The van der Waals surface area contributed by atoms with Crippen LogP contribution in [-0.4, -0.2) is 40.6 Å². The lowest BCUT2D eigenvalue weighted by Crippen LogP contribution is -2.32. The summed E-state index contributed by atoms with van der Waals surface area (Å²) in [6, 6.07) is 10.0. The van der Waals surface area contributed by atoms with Gasteiger partial charge in [0.2, 0.25) is 10.0 Å². The van der Waals surface area contributed by atoms with Gasteiger partial charge in [-0.15, -0.1) is 0 Å². The molecular formula is C21H21F3N2O5S2. The molecule has 0 spiro atoms. The molecule has 1 aromatic heterocycles. The second-order valence-electron chi connectivity index (χ2n) is 7.71. The molecular weight excluding hydrogens is 481 g/mol. The van der Waals surface area contributed by atoms with Crippen LogP contribution in [-0.2, 0) is 31.0 Å². The first-order valence-corrected chi connectivity index (χ1v) is 13.0. The van der Waals surface area contributed by atoms with Crippen LogP contribution in [0.3, 0.4) is 0 Å². The third-order valence-corrected chi connectivity index (χ3v) is 8.68. The van der Waals surface area contributed by atoms with Crippen LogP contribution in [0.4, 0.5) is 13.2 Å². The summed E-state index contributed by atoms with van der Waals surface area (Å²) in [7, 11) is -8.83. The molecule has 1 saturated heterocycles. The van der Waals surface area contributed by atoms with E-state index in [1.54, 1.807) is 6.07 Å². The maximum absolute atomic E-state index is 13.8. The van der Waals surface area contributed by atoms with Gasteiger partial charge in [0.05, 0.1) is 16.0 Å². The number of halogens is 3. The minimum absolute atomic E-state index is 0.0119. The fraction of sp³-hybridized carbons (Fsp3) is 0.333. The van der Waals surface area contributed by atoms with Crippen LogP contribution in [0.5, 0.6) is 0 Å². The number of nitrogens with one attached hydrogen (secondary N) is 1. The van der Waals surface area contributed by atoms with E-state index in [1.807, 2.05) is 0 Å². The standard InChI is InChI=1S/C21H21F3N2O5S2/c22-21(23,24)17-7-4-8-18-20(17)19(32(27,28)25-13-15-9-11-31-12-10-15)14-26(18)33(29,30)16-5-2-1-3-6-16/h1-8,14-15,25H,9-13H2. The molecule has 1 aliphatic rings. The summed E-state index contributed by atoms with van der Waals surface area (Å²) in [5.41, 5.74) is -1.60. The van der Waals surface area contributed by atoms with E-state index in [0.717, 1.165) is 24.4 Å². The summed E-state index contributed by atoms with van der Waals surface area (Å²) in [6.07, 6.45) is -2.93. The lowest BCUT2D eigenvalue weighted by Gasteiger charge is -2.22. The molecule has 178 valence electrons. The molecule has 2 heterocycles. The predicted molar refractivity (Wildman–Crippen MR) is 115 cm³/mol. The molecule has 3 aromatic rings. The van der Waals surface area contributed by atoms with Gasteiger partial charge < -0.3 is 4.74 Å². The normalized spacial score (nSPS) is 16.3. The Hall–Kier alpha value is -2.41. The van der Waals surface area contributed by atoms with Crippen molar-refractivity contribution in [3.05, 3.63) is 60.3 Å². The Kier molecular flexibility index (Phi) is 6.29. The molecule has 33 heavy (non-hydrogen) atoms. The van der Waals surface area contributed by atoms with Crippen LogP contribution in [0.1, 0.15) is 18.4 Å². The van der Waals surface area contributed by atoms with Crippen molar-refractivity contribution in [1.29, 1.82) is 0 Å².